The van der Waals surface area contributed by atoms with Crippen molar-refractivity contribution in [1.29, 1.82) is 0 Å². The fraction of sp³-hybridized carbons (Fsp3) is 0.429. The Balaban J connectivity index is 2.65. The maximum atomic E-state index is 2.31. The summed E-state index contributed by atoms with van der Waals surface area (Å²) in [4.78, 5) is 0. The maximum Gasteiger partial charge on any atom is 0.0736 e. The lowest BCUT2D eigenvalue weighted by Crippen LogP contribution is -2.15. The van der Waals surface area contributed by atoms with Crippen LogP contribution in [0.4, 0.5) is 0 Å². The molecule has 0 aliphatic heterocycles. The fourth-order valence-corrected chi connectivity index (χ4v) is 0.988. The van der Waals surface area contributed by atoms with Crippen LogP contribution in [0.1, 0.15) is 6.92 Å². The largest absolute Gasteiger partial charge is 0.533 e. The highest BCUT2D eigenvalue weighted by Crippen LogP contribution is 1.96. The summed E-state index contributed by atoms with van der Waals surface area (Å²) in [5, 5.41) is 0. The number of hydrogen-bond donors (Lipinski definition) is 0. The Kier molecular flexibility index (Phi) is 1.98. The fourth-order valence-electron chi connectivity index (χ4n) is 0.988. The van der Waals surface area contributed by atoms with Gasteiger partial charge in [-0.1, -0.05) is 6.92 Å². The molecule has 1 unspecified atom stereocenters. The summed E-state index contributed by atoms with van der Waals surface area (Å²) in [6, 6.07) is 4.16. The van der Waals surface area contributed by atoms with Gasteiger partial charge in [-0.25, -0.2) is 0 Å². The van der Waals surface area contributed by atoms with Crippen molar-refractivity contribution in [2.24, 2.45) is 0 Å². The molecule has 0 fully saturated rings. The number of nitrogens with zero attached hydrogens (tertiary/aromatic N) is 1. The molecule has 0 N–H and O–H groups in total. The van der Waals surface area contributed by atoms with E-state index in [1.165, 1.54) is 6.32 Å². The van der Waals surface area contributed by atoms with E-state index in [1.807, 2.05) is 0 Å². The van der Waals surface area contributed by atoms with Crippen LogP contribution >= 0.6 is 0 Å². The van der Waals surface area contributed by atoms with Gasteiger partial charge in [0.05, 0.1) is 6.85 Å². The summed E-state index contributed by atoms with van der Waals surface area (Å²) in [5.74, 6) is 0. The molecule has 1 heterocycles. The van der Waals surface area contributed by atoms with Crippen LogP contribution in [-0.4, -0.2) is 11.3 Å². The first-order valence-corrected chi connectivity index (χ1v) is 3.75. The van der Waals surface area contributed by atoms with Gasteiger partial charge in [-0.15, -0.1) is 0 Å². The Morgan fingerprint density at radius 2 is 1.89 bits per heavy atom. The van der Waals surface area contributed by atoms with Crippen LogP contribution in [0.5, 0.6) is 0 Å². The van der Waals surface area contributed by atoms with E-state index in [4.69, 9.17) is 0 Å². The highest BCUT2D eigenvalue weighted by molar-refractivity contribution is 6.55. The van der Waals surface area contributed by atoms with E-state index in [-0.39, 0.29) is 6.85 Å². The van der Waals surface area contributed by atoms with Crippen molar-refractivity contribution >= 4 is 6.85 Å². The standard InChI is InChI=1S/C7H13BN/c1-3-8(2)9-6-4-5-7-9/h4-8H,3H2,1-2H3/q-1. The van der Waals surface area contributed by atoms with Gasteiger partial charge < -0.3 is 4.48 Å². The second-order valence-electron chi connectivity index (χ2n) is 2.74. The molecule has 0 aliphatic rings. The summed E-state index contributed by atoms with van der Waals surface area (Å²) in [5.41, 5.74) is 0. The van der Waals surface area contributed by atoms with E-state index in [1.54, 1.807) is 0 Å². The summed E-state index contributed by atoms with van der Waals surface area (Å²) < 4.78 is 2.31. The zero-order valence-electron chi connectivity index (χ0n) is 6.17. The zero-order valence-corrected chi connectivity index (χ0v) is 6.17. The number of aromatic nitrogens is 1. The molecular formula is C7H13BN-. The molecule has 0 aromatic carbocycles. The monoisotopic (exact) mass is 122 g/mol. The molecular weight excluding hydrogens is 109 g/mol. The van der Waals surface area contributed by atoms with Crippen LogP contribution < -0.4 is 0 Å². The van der Waals surface area contributed by atoms with E-state index in [2.05, 4.69) is 42.8 Å². The molecule has 1 aromatic heterocycles. The van der Waals surface area contributed by atoms with E-state index in [9.17, 15) is 0 Å². The van der Waals surface area contributed by atoms with Gasteiger partial charge in [-0.2, -0.15) is 13.1 Å². The molecule has 1 rings (SSSR count). The van der Waals surface area contributed by atoms with Crippen LogP contribution in [0.3, 0.4) is 0 Å². The second-order valence-corrected chi connectivity index (χ2v) is 2.74. The zero-order chi connectivity index (χ0) is 6.69. The van der Waals surface area contributed by atoms with Crippen molar-refractivity contribution < 1.29 is 0 Å². The predicted molar refractivity (Wildman–Crippen MR) is 43.3 cm³/mol. The van der Waals surface area contributed by atoms with Gasteiger partial charge in [0.2, 0.25) is 0 Å². The molecule has 9 heavy (non-hydrogen) atoms. The Labute approximate surface area is 56.8 Å². The van der Waals surface area contributed by atoms with Gasteiger partial charge in [0, 0.05) is 0 Å². The van der Waals surface area contributed by atoms with Crippen LogP contribution in [0.2, 0.25) is 13.1 Å². The Hall–Kier alpha value is -0.655. The maximum absolute atomic E-state index is 2.31. The average molecular weight is 122 g/mol. The highest BCUT2D eigenvalue weighted by Gasteiger charge is 1.90. The minimum absolute atomic E-state index is 0.0833. The van der Waals surface area contributed by atoms with Crippen molar-refractivity contribution in [3.63, 3.8) is 0 Å². The first kappa shape index (κ1) is 6.46. The van der Waals surface area contributed by atoms with Crippen LogP contribution in [0, 0.1) is 0 Å². The third-order valence-corrected chi connectivity index (χ3v) is 2.01. The molecule has 0 amide bonds. The van der Waals surface area contributed by atoms with Crippen LogP contribution in [0.25, 0.3) is 0 Å². The predicted octanol–water partition coefficient (Wildman–Crippen LogP) is 1.71. The Bertz CT molecular complexity index is 157. The van der Waals surface area contributed by atoms with Gasteiger partial charge in [0.15, 0.2) is 0 Å². The van der Waals surface area contributed by atoms with Crippen LogP contribution in [-0.2, 0) is 0 Å². The van der Waals surface area contributed by atoms with Gasteiger partial charge in [-0.3, -0.25) is 0 Å². The van der Waals surface area contributed by atoms with Gasteiger partial charge in [-0.05, 0) is 24.5 Å². The van der Waals surface area contributed by atoms with Crippen molar-refractivity contribution in [3.05, 3.63) is 24.5 Å². The molecule has 0 saturated heterocycles. The molecule has 1 aromatic rings. The van der Waals surface area contributed by atoms with Crippen molar-refractivity contribution in [2.75, 3.05) is 0 Å². The average Bonchev–Trinajstić information content (AvgIpc) is 2.37. The molecule has 0 aliphatic carbocycles. The highest BCUT2D eigenvalue weighted by atomic mass is 14.8. The quantitative estimate of drug-likeness (QED) is 0.526. The van der Waals surface area contributed by atoms with Crippen molar-refractivity contribution in [1.82, 2.24) is 4.48 Å². The first-order valence-electron chi connectivity index (χ1n) is 3.75. The Morgan fingerprint density at radius 1 is 1.33 bits per heavy atom. The molecule has 1 nitrogen and oxygen atoms in total. The molecule has 0 radical (unpaired) electrons. The molecule has 0 spiro atoms. The normalized spacial score (nSPS) is 13.6. The van der Waals surface area contributed by atoms with Gasteiger partial charge in [0.1, 0.15) is 0 Å². The van der Waals surface area contributed by atoms with Crippen molar-refractivity contribution in [2.45, 2.75) is 20.1 Å². The second kappa shape index (κ2) is 2.76. The molecule has 2 heteroatoms. The summed E-state index contributed by atoms with van der Waals surface area (Å²) in [6.45, 7) is 4.46. The lowest BCUT2D eigenvalue weighted by molar-refractivity contribution is 1.16. The lowest BCUT2D eigenvalue weighted by Gasteiger charge is -2.16. The number of hydrogen-bond acceptors (Lipinski definition) is 0. The minimum atomic E-state index is -0.0833. The molecule has 0 saturated carbocycles. The molecule has 50 valence electrons. The van der Waals surface area contributed by atoms with E-state index >= 15 is 0 Å². The third kappa shape index (κ3) is 1.38. The first-order chi connectivity index (χ1) is 4.34. The SMILES string of the molecule is CC[BH-](C)n1cccc1. The van der Waals surface area contributed by atoms with Crippen molar-refractivity contribution in [3.8, 4) is 0 Å². The minimum Gasteiger partial charge on any atom is -0.533 e. The molecule has 1 atom stereocenters. The Morgan fingerprint density at radius 3 is 2.33 bits per heavy atom. The lowest BCUT2D eigenvalue weighted by atomic mass is 9.62. The van der Waals surface area contributed by atoms with Gasteiger partial charge in [0.25, 0.3) is 0 Å². The van der Waals surface area contributed by atoms with E-state index in [0.29, 0.717) is 0 Å². The summed E-state index contributed by atoms with van der Waals surface area (Å²) >= 11 is 0. The van der Waals surface area contributed by atoms with E-state index in [0.717, 1.165) is 0 Å². The molecule has 0 bridgehead atoms. The third-order valence-electron chi connectivity index (χ3n) is 2.01. The van der Waals surface area contributed by atoms with E-state index < -0.39 is 0 Å². The smallest absolute Gasteiger partial charge is 0.0736 e. The van der Waals surface area contributed by atoms with Crippen LogP contribution in [0.15, 0.2) is 24.5 Å². The summed E-state index contributed by atoms with van der Waals surface area (Å²) in [7, 11) is 0. The number of rotatable bonds is 2. The summed E-state index contributed by atoms with van der Waals surface area (Å²) in [6.07, 6.45) is 5.57. The van der Waals surface area contributed by atoms with Gasteiger partial charge >= 0.3 is 0 Å². The topological polar surface area (TPSA) is 4.93 Å².